The molecule has 23 heavy (non-hydrogen) atoms. The quantitative estimate of drug-likeness (QED) is 0.839. The van der Waals surface area contributed by atoms with Gasteiger partial charge in [0.1, 0.15) is 0 Å². The Bertz CT molecular complexity index is 738. The summed E-state index contributed by atoms with van der Waals surface area (Å²) >= 11 is 0. The summed E-state index contributed by atoms with van der Waals surface area (Å²) in [5, 5.41) is 11.7. The van der Waals surface area contributed by atoms with Gasteiger partial charge in [0.15, 0.2) is 0 Å². The van der Waals surface area contributed by atoms with Crippen molar-refractivity contribution in [2.24, 2.45) is 17.3 Å². The molecule has 1 aliphatic carbocycles. The molecular weight excluding hydrogens is 320 g/mol. The topological polar surface area (TPSA) is 104 Å². The standard InChI is InChI=1S/C15H20N2O5S/c1-15(2)11(12(15)14(19)20)13(18)16-9-5-7-10(8-6-9)23(21,22)17(3)4/h5-8,11-12H,1-4H3,(H,16,18)(H,19,20)/t11-,12-/m0/s1. The number of hydrogen-bond donors (Lipinski definition) is 2. The van der Waals surface area contributed by atoms with Crippen LogP contribution in [0.5, 0.6) is 0 Å². The van der Waals surface area contributed by atoms with Crippen molar-refractivity contribution in [2.45, 2.75) is 18.7 Å². The summed E-state index contributed by atoms with van der Waals surface area (Å²) in [5.74, 6) is -2.64. The van der Waals surface area contributed by atoms with Crippen LogP contribution in [0.25, 0.3) is 0 Å². The van der Waals surface area contributed by atoms with E-state index in [9.17, 15) is 18.0 Å². The number of carbonyl (C=O) groups excluding carboxylic acids is 1. The van der Waals surface area contributed by atoms with Gasteiger partial charge in [-0.3, -0.25) is 9.59 Å². The van der Waals surface area contributed by atoms with E-state index in [0.717, 1.165) is 4.31 Å². The summed E-state index contributed by atoms with van der Waals surface area (Å²) in [6.45, 7) is 3.48. The number of aliphatic carboxylic acids is 1. The van der Waals surface area contributed by atoms with E-state index in [1.54, 1.807) is 13.8 Å². The van der Waals surface area contributed by atoms with Crippen molar-refractivity contribution in [3.63, 3.8) is 0 Å². The van der Waals surface area contributed by atoms with Crippen molar-refractivity contribution >= 4 is 27.6 Å². The number of rotatable bonds is 5. The first-order valence-electron chi connectivity index (χ1n) is 7.06. The van der Waals surface area contributed by atoms with Crippen LogP contribution < -0.4 is 5.32 Å². The van der Waals surface area contributed by atoms with E-state index in [2.05, 4.69) is 5.32 Å². The van der Waals surface area contributed by atoms with Gasteiger partial charge in [-0.05, 0) is 29.7 Å². The summed E-state index contributed by atoms with van der Waals surface area (Å²) in [6, 6.07) is 5.77. The molecule has 2 N–H and O–H groups in total. The molecule has 0 heterocycles. The van der Waals surface area contributed by atoms with Crippen molar-refractivity contribution in [1.29, 1.82) is 0 Å². The molecule has 1 aromatic rings. The number of hydrogen-bond acceptors (Lipinski definition) is 4. The summed E-state index contributed by atoms with van der Waals surface area (Å²) in [6.07, 6.45) is 0. The monoisotopic (exact) mass is 340 g/mol. The predicted molar refractivity (Wildman–Crippen MR) is 84.3 cm³/mol. The van der Waals surface area contributed by atoms with Crippen molar-refractivity contribution in [1.82, 2.24) is 4.31 Å². The fourth-order valence-electron chi connectivity index (χ4n) is 2.73. The molecule has 0 saturated heterocycles. The number of carbonyl (C=O) groups is 2. The zero-order valence-corrected chi connectivity index (χ0v) is 14.2. The molecule has 1 aromatic carbocycles. The second-order valence-corrected chi connectivity index (χ2v) is 8.57. The predicted octanol–water partition coefficient (Wildman–Crippen LogP) is 1.23. The third-order valence-electron chi connectivity index (χ3n) is 4.28. The first-order valence-corrected chi connectivity index (χ1v) is 8.50. The van der Waals surface area contributed by atoms with E-state index in [1.807, 2.05) is 0 Å². The van der Waals surface area contributed by atoms with E-state index >= 15 is 0 Å². The van der Waals surface area contributed by atoms with Gasteiger partial charge in [-0.15, -0.1) is 0 Å². The normalized spacial score (nSPS) is 22.7. The summed E-state index contributed by atoms with van der Waals surface area (Å²) in [4.78, 5) is 23.4. The Morgan fingerprint density at radius 3 is 2.04 bits per heavy atom. The minimum Gasteiger partial charge on any atom is -0.481 e. The van der Waals surface area contributed by atoms with Crippen LogP contribution in [0.3, 0.4) is 0 Å². The highest BCUT2D eigenvalue weighted by Gasteiger charge is 2.65. The SMILES string of the molecule is CN(C)S(=O)(=O)c1ccc(NC(=O)[C@@H]2[C@@H](C(=O)O)C2(C)C)cc1. The molecule has 8 heteroatoms. The average molecular weight is 340 g/mol. The zero-order chi connectivity index (χ0) is 17.6. The summed E-state index contributed by atoms with van der Waals surface area (Å²) in [5.41, 5.74) is -0.149. The molecule has 0 radical (unpaired) electrons. The molecule has 0 aliphatic heterocycles. The highest BCUT2D eigenvalue weighted by atomic mass is 32.2. The van der Waals surface area contributed by atoms with Crippen LogP contribution >= 0.6 is 0 Å². The third kappa shape index (κ3) is 3.09. The molecule has 7 nitrogen and oxygen atoms in total. The van der Waals surface area contributed by atoms with Gasteiger partial charge in [-0.2, -0.15) is 0 Å². The van der Waals surface area contributed by atoms with Crippen LogP contribution in [-0.4, -0.2) is 43.8 Å². The average Bonchev–Trinajstić information content (AvgIpc) is 3.02. The number of nitrogens with zero attached hydrogens (tertiary/aromatic N) is 1. The van der Waals surface area contributed by atoms with Gasteiger partial charge in [0.25, 0.3) is 0 Å². The molecule has 1 saturated carbocycles. The lowest BCUT2D eigenvalue weighted by atomic mass is 10.1. The minimum atomic E-state index is -3.52. The lowest BCUT2D eigenvalue weighted by Crippen LogP contribution is -2.22. The first kappa shape index (κ1) is 17.4. The molecule has 1 aliphatic rings. The number of carboxylic acid groups (broad SMARTS) is 1. The van der Waals surface area contributed by atoms with Gasteiger partial charge < -0.3 is 10.4 Å². The smallest absolute Gasteiger partial charge is 0.307 e. The van der Waals surface area contributed by atoms with Crippen molar-refractivity contribution in [2.75, 3.05) is 19.4 Å². The lowest BCUT2D eigenvalue weighted by Gasteiger charge is -2.12. The maximum Gasteiger partial charge on any atom is 0.307 e. The molecule has 2 atom stereocenters. The van der Waals surface area contributed by atoms with Crippen molar-refractivity contribution in [3.8, 4) is 0 Å². The van der Waals surface area contributed by atoms with Crippen LogP contribution in [0.2, 0.25) is 0 Å². The molecule has 126 valence electrons. The van der Waals surface area contributed by atoms with E-state index in [4.69, 9.17) is 5.11 Å². The lowest BCUT2D eigenvalue weighted by molar-refractivity contribution is -0.140. The Morgan fingerprint density at radius 1 is 1.13 bits per heavy atom. The molecular formula is C15H20N2O5S. The maximum absolute atomic E-state index is 12.2. The molecule has 2 rings (SSSR count). The molecule has 0 aromatic heterocycles. The van der Waals surface area contributed by atoms with E-state index in [-0.39, 0.29) is 10.8 Å². The number of carboxylic acids is 1. The first-order chi connectivity index (χ1) is 10.5. The number of anilines is 1. The van der Waals surface area contributed by atoms with Crippen LogP contribution in [0.4, 0.5) is 5.69 Å². The Balaban J connectivity index is 2.11. The number of benzene rings is 1. The van der Waals surface area contributed by atoms with E-state index in [1.165, 1.54) is 38.4 Å². The highest BCUT2D eigenvalue weighted by molar-refractivity contribution is 7.89. The fraction of sp³-hybridized carbons (Fsp3) is 0.467. The van der Waals surface area contributed by atoms with Gasteiger partial charge in [-0.25, -0.2) is 12.7 Å². The van der Waals surface area contributed by atoms with Gasteiger partial charge in [-0.1, -0.05) is 13.8 Å². The summed E-state index contributed by atoms with van der Waals surface area (Å²) < 4.78 is 25.0. The molecule has 0 unspecified atom stereocenters. The Hall–Kier alpha value is -1.93. The van der Waals surface area contributed by atoms with Crippen LogP contribution in [0.15, 0.2) is 29.2 Å². The van der Waals surface area contributed by atoms with Crippen molar-refractivity contribution < 1.29 is 23.1 Å². The zero-order valence-electron chi connectivity index (χ0n) is 13.4. The molecule has 0 spiro atoms. The largest absolute Gasteiger partial charge is 0.481 e. The summed E-state index contributed by atoms with van der Waals surface area (Å²) in [7, 11) is -0.648. The Morgan fingerprint density at radius 2 is 1.65 bits per heavy atom. The number of nitrogens with one attached hydrogen (secondary N) is 1. The van der Waals surface area contributed by atoms with Crippen LogP contribution in [0, 0.1) is 17.3 Å². The number of amides is 1. The van der Waals surface area contributed by atoms with Gasteiger partial charge in [0.05, 0.1) is 16.7 Å². The van der Waals surface area contributed by atoms with Gasteiger partial charge in [0, 0.05) is 19.8 Å². The van der Waals surface area contributed by atoms with Gasteiger partial charge in [0.2, 0.25) is 15.9 Å². The van der Waals surface area contributed by atoms with E-state index < -0.39 is 33.2 Å². The number of sulfonamides is 1. The van der Waals surface area contributed by atoms with Crippen LogP contribution in [-0.2, 0) is 19.6 Å². The fourth-order valence-corrected chi connectivity index (χ4v) is 3.63. The van der Waals surface area contributed by atoms with Crippen molar-refractivity contribution in [3.05, 3.63) is 24.3 Å². The second kappa shape index (κ2) is 5.61. The second-order valence-electron chi connectivity index (χ2n) is 6.42. The third-order valence-corrected chi connectivity index (χ3v) is 6.11. The van der Waals surface area contributed by atoms with Crippen LogP contribution in [0.1, 0.15) is 13.8 Å². The highest BCUT2D eigenvalue weighted by Crippen LogP contribution is 2.58. The minimum absolute atomic E-state index is 0.121. The Labute approximate surface area is 135 Å². The maximum atomic E-state index is 12.2. The molecule has 1 amide bonds. The van der Waals surface area contributed by atoms with E-state index in [0.29, 0.717) is 5.69 Å². The Kier molecular flexibility index (Phi) is 4.25. The molecule has 0 bridgehead atoms. The van der Waals surface area contributed by atoms with Gasteiger partial charge >= 0.3 is 5.97 Å². The molecule has 1 fully saturated rings.